The number of rotatable bonds is 4. The van der Waals surface area contributed by atoms with Gasteiger partial charge in [-0.25, -0.2) is 0 Å². The first-order valence-electron chi connectivity index (χ1n) is 4.73. The summed E-state index contributed by atoms with van der Waals surface area (Å²) in [6.07, 6.45) is 1.99. The van der Waals surface area contributed by atoms with E-state index >= 15 is 0 Å². The number of primary amides is 1. The highest BCUT2D eigenvalue weighted by Crippen LogP contribution is 2.18. The zero-order valence-corrected chi connectivity index (χ0v) is 8.42. The Balaban J connectivity index is 3.06. The maximum absolute atomic E-state index is 11.0. The molecule has 0 fully saturated rings. The average molecular weight is 189 g/mol. The number of carbonyl (C=O) groups is 1. The van der Waals surface area contributed by atoms with E-state index in [1.165, 1.54) is 0 Å². The van der Waals surface area contributed by atoms with Gasteiger partial charge in [-0.15, -0.1) is 0 Å². The Morgan fingerprint density at radius 2 is 2.07 bits per heavy atom. The van der Waals surface area contributed by atoms with Gasteiger partial charge in [0.15, 0.2) is 0 Å². The molecule has 1 rings (SSSR count). The summed E-state index contributed by atoms with van der Waals surface area (Å²) < 4.78 is 0. The second-order valence-electron chi connectivity index (χ2n) is 3.25. The zero-order chi connectivity index (χ0) is 10.6. The van der Waals surface area contributed by atoms with Crippen molar-refractivity contribution in [3.63, 3.8) is 0 Å². The monoisotopic (exact) mass is 189 g/mol. The molecular weight excluding hydrogens is 174 g/mol. The molecule has 1 amide bonds. The Kier molecular flexibility index (Phi) is 3.46. The van der Waals surface area contributed by atoms with E-state index < -0.39 is 5.91 Å². The van der Waals surface area contributed by atoms with Crippen LogP contribution in [0.25, 0.3) is 5.57 Å². The molecule has 0 aliphatic carbocycles. The highest BCUT2D eigenvalue weighted by atomic mass is 16.1. The topological polar surface area (TPSA) is 43.1 Å². The molecule has 0 saturated heterocycles. The largest absolute Gasteiger partial charge is 0.366 e. The van der Waals surface area contributed by atoms with E-state index in [-0.39, 0.29) is 0 Å². The Morgan fingerprint density at radius 3 is 2.64 bits per heavy atom. The van der Waals surface area contributed by atoms with Crippen LogP contribution in [0.15, 0.2) is 30.8 Å². The molecular formula is C12H15NO. The second kappa shape index (κ2) is 4.61. The van der Waals surface area contributed by atoms with Crippen molar-refractivity contribution in [3.05, 3.63) is 42.0 Å². The van der Waals surface area contributed by atoms with Crippen LogP contribution in [0.3, 0.4) is 0 Å². The Hall–Kier alpha value is -1.57. The summed E-state index contributed by atoms with van der Waals surface area (Å²) in [5, 5.41) is 0. The van der Waals surface area contributed by atoms with Crippen LogP contribution in [0, 0.1) is 0 Å². The third-order valence-corrected chi connectivity index (χ3v) is 2.16. The van der Waals surface area contributed by atoms with Gasteiger partial charge in [-0.2, -0.15) is 0 Å². The molecule has 74 valence electrons. The lowest BCUT2D eigenvalue weighted by molar-refractivity contribution is -0.112. The highest BCUT2D eigenvalue weighted by molar-refractivity contribution is 6.18. The minimum Gasteiger partial charge on any atom is -0.366 e. The van der Waals surface area contributed by atoms with Crippen molar-refractivity contribution in [2.45, 2.75) is 19.8 Å². The van der Waals surface area contributed by atoms with Crippen LogP contribution in [-0.4, -0.2) is 5.91 Å². The smallest absolute Gasteiger partial charge is 0.248 e. The van der Waals surface area contributed by atoms with E-state index in [9.17, 15) is 4.79 Å². The Morgan fingerprint density at radius 1 is 1.43 bits per heavy atom. The summed E-state index contributed by atoms with van der Waals surface area (Å²) in [4.78, 5) is 11.0. The van der Waals surface area contributed by atoms with E-state index in [0.29, 0.717) is 5.57 Å². The number of carbonyl (C=O) groups excluding carboxylic acids is 1. The third-order valence-electron chi connectivity index (χ3n) is 2.16. The standard InChI is InChI=1S/C12H15NO/c1-3-6-10-7-4-5-8-11(10)9(2)12(13)14/h4-5,7-8H,2-3,6H2,1H3,(H2,13,14). The van der Waals surface area contributed by atoms with Gasteiger partial charge in [-0.05, 0) is 17.5 Å². The minimum absolute atomic E-state index is 0.397. The summed E-state index contributed by atoms with van der Waals surface area (Å²) in [7, 11) is 0. The zero-order valence-electron chi connectivity index (χ0n) is 8.42. The predicted octanol–water partition coefficient (Wildman–Crippen LogP) is 2.14. The van der Waals surface area contributed by atoms with Crippen molar-refractivity contribution in [1.29, 1.82) is 0 Å². The molecule has 0 bridgehead atoms. The van der Waals surface area contributed by atoms with Crippen molar-refractivity contribution in [3.8, 4) is 0 Å². The molecule has 0 aliphatic rings. The molecule has 14 heavy (non-hydrogen) atoms. The lowest BCUT2D eigenvalue weighted by atomic mass is 9.97. The van der Waals surface area contributed by atoms with Gasteiger partial charge in [0, 0.05) is 5.57 Å². The van der Waals surface area contributed by atoms with E-state index in [0.717, 1.165) is 24.0 Å². The van der Waals surface area contributed by atoms with Gasteiger partial charge in [0.05, 0.1) is 0 Å². The Bertz CT molecular complexity index is 355. The normalized spacial score (nSPS) is 9.79. The van der Waals surface area contributed by atoms with Gasteiger partial charge in [-0.3, -0.25) is 4.79 Å². The van der Waals surface area contributed by atoms with E-state index in [2.05, 4.69) is 13.5 Å². The summed E-state index contributed by atoms with van der Waals surface area (Å²) >= 11 is 0. The van der Waals surface area contributed by atoms with Gasteiger partial charge >= 0.3 is 0 Å². The van der Waals surface area contributed by atoms with E-state index in [1.807, 2.05) is 24.3 Å². The van der Waals surface area contributed by atoms with Gasteiger partial charge in [0.2, 0.25) is 5.91 Å². The molecule has 0 unspecified atom stereocenters. The van der Waals surface area contributed by atoms with Crippen LogP contribution in [0.4, 0.5) is 0 Å². The van der Waals surface area contributed by atoms with Crippen molar-refractivity contribution in [2.75, 3.05) is 0 Å². The van der Waals surface area contributed by atoms with E-state index in [1.54, 1.807) is 0 Å². The molecule has 0 aliphatic heterocycles. The minimum atomic E-state index is -0.450. The first kappa shape index (κ1) is 10.5. The molecule has 2 heteroatoms. The van der Waals surface area contributed by atoms with Crippen LogP contribution in [0.2, 0.25) is 0 Å². The summed E-state index contributed by atoms with van der Waals surface area (Å²) in [6, 6.07) is 7.75. The van der Waals surface area contributed by atoms with E-state index in [4.69, 9.17) is 5.73 Å². The fourth-order valence-corrected chi connectivity index (χ4v) is 1.43. The van der Waals surface area contributed by atoms with Crippen LogP contribution in [-0.2, 0) is 11.2 Å². The van der Waals surface area contributed by atoms with Crippen LogP contribution >= 0.6 is 0 Å². The quantitative estimate of drug-likeness (QED) is 0.724. The number of aryl methyl sites for hydroxylation is 1. The molecule has 0 spiro atoms. The summed E-state index contributed by atoms with van der Waals surface area (Å²) in [5.74, 6) is -0.450. The van der Waals surface area contributed by atoms with Gasteiger partial charge in [0.1, 0.15) is 0 Å². The van der Waals surface area contributed by atoms with Crippen LogP contribution in [0.1, 0.15) is 24.5 Å². The van der Waals surface area contributed by atoms with Gasteiger partial charge < -0.3 is 5.73 Å². The van der Waals surface area contributed by atoms with Gasteiger partial charge in [-0.1, -0.05) is 44.2 Å². The highest BCUT2D eigenvalue weighted by Gasteiger charge is 2.08. The first-order chi connectivity index (χ1) is 6.66. The molecule has 0 aromatic heterocycles. The average Bonchev–Trinajstić information content (AvgIpc) is 2.18. The van der Waals surface area contributed by atoms with Crippen molar-refractivity contribution in [1.82, 2.24) is 0 Å². The Labute approximate surface area is 84.4 Å². The first-order valence-corrected chi connectivity index (χ1v) is 4.73. The number of nitrogens with two attached hydrogens (primary N) is 1. The molecule has 2 N–H and O–H groups in total. The number of amides is 1. The van der Waals surface area contributed by atoms with Crippen molar-refractivity contribution in [2.24, 2.45) is 5.73 Å². The molecule has 0 atom stereocenters. The lowest BCUT2D eigenvalue weighted by Gasteiger charge is -2.08. The van der Waals surface area contributed by atoms with Gasteiger partial charge in [0.25, 0.3) is 0 Å². The maximum Gasteiger partial charge on any atom is 0.248 e. The molecule has 0 saturated carbocycles. The van der Waals surface area contributed by atoms with Crippen molar-refractivity contribution >= 4 is 11.5 Å². The molecule has 0 radical (unpaired) electrons. The summed E-state index contributed by atoms with van der Waals surface area (Å²) in [6.45, 7) is 5.79. The second-order valence-corrected chi connectivity index (χ2v) is 3.25. The van der Waals surface area contributed by atoms with Crippen LogP contribution < -0.4 is 5.73 Å². The van der Waals surface area contributed by atoms with Crippen molar-refractivity contribution < 1.29 is 4.79 Å². The summed E-state index contributed by atoms with van der Waals surface area (Å²) in [5.41, 5.74) is 7.61. The predicted molar refractivity (Wildman–Crippen MR) is 58.7 cm³/mol. The maximum atomic E-state index is 11.0. The molecule has 1 aromatic rings. The third kappa shape index (κ3) is 2.22. The number of benzene rings is 1. The lowest BCUT2D eigenvalue weighted by Crippen LogP contribution is -2.13. The molecule has 0 heterocycles. The number of hydrogen-bond donors (Lipinski definition) is 1. The number of hydrogen-bond acceptors (Lipinski definition) is 1. The fraction of sp³-hybridized carbons (Fsp3) is 0.250. The molecule has 2 nitrogen and oxygen atoms in total. The molecule has 1 aromatic carbocycles. The fourth-order valence-electron chi connectivity index (χ4n) is 1.43. The SMILES string of the molecule is C=C(C(N)=O)c1ccccc1CCC. The van der Waals surface area contributed by atoms with Crippen LogP contribution in [0.5, 0.6) is 0 Å².